The molecular weight excluding hydrogens is 488 g/mol. The Morgan fingerprint density at radius 2 is 1.60 bits per heavy atom. The number of hydrogen-bond donors (Lipinski definition) is 0. The van der Waals surface area contributed by atoms with Gasteiger partial charge >= 0.3 is 5.97 Å². The van der Waals surface area contributed by atoms with Crippen LogP contribution in [-0.4, -0.2) is 12.1 Å². The second-order valence-electron chi connectivity index (χ2n) is 17.8. The molecule has 8 rings (SSSR count). The minimum Gasteiger partial charge on any atom is -0.462 e. The lowest BCUT2D eigenvalue weighted by molar-refractivity contribution is -0.179. The number of allylic oxidation sites excluding steroid dienone is 1. The van der Waals surface area contributed by atoms with Gasteiger partial charge in [-0.05, 0) is 148 Å². The SMILES string of the molecule is CC(C)CCC[C@H](C)[C@H]1CC[C@H]2[C@H]3CC=C4C[C@@H](OC(=O)C56CC7CC(CC(C7)C5)C6)CC[C@]4(C)[C@@H]3CC[C@]12C. The maximum absolute atomic E-state index is 13.7. The van der Waals surface area contributed by atoms with Gasteiger partial charge in [-0.1, -0.05) is 65.5 Å². The lowest BCUT2D eigenvalue weighted by atomic mass is 9.47. The topological polar surface area (TPSA) is 26.3 Å². The molecule has 0 heterocycles. The van der Waals surface area contributed by atoms with Gasteiger partial charge in [-0.2, -0.15) is 0 Å². The molecule has 8 aliphatic carbocycles. The predicted octanol–water partition coefficient (Wildman–Crippen LogP) is 10.2. The molecule has 0 aromatic heterocycles. The Labute approximate surface area is 246 Å². The molecular formula is C38H60O2. The molecule has 8 atom stereocenters. The second kappa shape index (κ2) is 10.1. The monoisotopic (exact) mass is 548 g/mol. The van der Waals surface area contributed by atoms with Crippen molar-refractivity contribution in [3.05, 3.63) is 11.6 Å². The Bertz CT molecular complexity index is 972. The zero-order valence-corrected chi connectivity index (χ0v) is 26.7. The summed E-state index contributed by atoms with van der Waals surface area (Å²) in [6, 6.07) is 0. The molecule has 0 aromatic rings. The number of carbonyl (C=O) groups excluding carboxylic acids is 1. The van der Waals surface area contributed by atoms with E-state index < -0.39 is 0 Å². The van der Waals surface area contributed by atoms with E-state index in [-0.39, 0.29) is 17.5 Å². The van der Waals surface area contributed by atoms with E-state index in [2.05, 4.69) is 40.7 Å². The normalized spacial score (nSPS) is 49.7. The maximum atomic E-state index is 13.7. The van der Waals surface area contributed by atoms with E-state index in [1.54, 1.807) is 5.57 Å². The number of ether oxygens (including phenoxy) is 1. The van der Waals surface area contributed by atoms with Crippen molar-refractivity contribution >= 4 is 5.97 Å². The lowest BCUT2D eigenvalue weighted by Crippen LogP contribution is -2.52. The third-order valence-corrected chi connectivity index (χ3v) is 15.0. The van der Waals surface area contributed by atoms with Gasteiger partial charge in [0.05, 0.1) is 5.41 Å². The highest BCUT2D eigenvalue weighted by atomic mass is 16.5. The van der Waals surface area contributed by atoms with Crippen LogP contribution in [-0.2, 0) is 9.53 Å². The Kier molecular flexibility index (Phi) is 7.10. The summed E-state index contributed by atoms with van der Waals surface area (Å²) in [4.78, 5) is 13.7. The van der Waals surface area contributed by atoms with Crippen molar-refractivity contribution in [3.8, 4) is 0 Å². The summed E-state index contributed by atoms with van der Waals surface area (Å²) >= 11 is 0. The summed E-state index contributed by atoms with van der Waals surface area (Å²) in [5, 5.41) is 0. The fourth-order valence-electron chi connectivity index (χ4n) is 13.4. The Morgan fingerprint density at radius 3 is 2.27 bits per heavy atom. The first-order chi connectivity index (χ1) is 19.1. The van der Waals surface area contributed by atoms with E-state index in [1.165, 1.54) is 77.0 Å². The molecule has 7 fully saturated rings. The van der Waals surface area contributed by atoms with Crippen LogP contribution in [0.1, 0.15) is 144 Å². The van der Waals surface area contributed by atoms with Gasteiger partial charge in [0.25, 0.3) is 0 Å². The van der Waals surface area contributed by atoms with Crippen molar-refractivity contribution in [2.75, 3.05) is 0 Å². The summed E-state index contributed by atoms with van der Waals surface area (Å²) in [6.45, 7) is 12.7. The predicted molar refractivity (Wildman–Crippen MR) is 164 cm³/mol. The quantitative estimate of drug-likeness (QED) is 0.234. The molecule has 7 saturated carbocycles. The molecule has 2 nitrogen and oxygen atoms in total. The summed E-state index contributed by atoms with van der Waals surface area (Å²) in [5.41, 5.74) is 2.46. The van der Waals surface area contributed by atoms with Crippen molar-refractivity contribution < 1.29 is 9.53 Å². The van der Waals surface area contributed by atoms with Crippen LogP contribution in [0.25, 0.3) is 0 Å². The first-order valence-electron chi connectivity index (χ1n) is 18.0. The second-order valence-corrected chi connectivity index (χ2v) is 17.8. The fraction of sp³-hybridized carbons (Fsp3) is 0.921. The molecule has 0 spiro atoms. The van der Waals surface area contributed by atoms with Crippen molar-refractivity contribution in [2.45, 2.75) is 150 Å². The third-order valence-electron chi connectivity index (χ3n) is 15.0. The highest BCUT2D eigenvalue weighted by molar-refractivity contribution is 5.77. The molecule has 40 heavy (non-hydrogen) atoms. The molecule has 224 valence electrons. The first kappa shape index (κ1) is 28.0. The van der Waals surface area contributed by atoms with Crippen LogP contribution in [0.4, 0.5) is 0 Å². The van der Waals surface area contributed by atoms with Gasteiger partial charge in [-0.25, -0.2) is 0 Å². The van der Waals surface area contributed by atoms with Crippen LogP contribution in [0.5, 0.6) is 0 Å². The largest absolute Gasteiger partial charge is 0.462 e. The van der Waals surface area contributed by atoms with Gasteiger partial charge in [0.2, 0.25) is 0 Å². The zero-order valence-electron chi connectivity index (χ0n) is 26.7. The van der Waals surface area contributed by atoms with Crippen molar-refractivity contribution in [3.63, 3.8) is 0 Å². The van der Waals surface area contributed by atoms with Crippen LogP contribution in [0.2, 0.25) is 0 Å². The minimum absolute atomic E-state index is 0.111. The van der Waals surface area contributed by atoms with Crippen molar-refractivity contribution in [1.29, 1.82) is 0 Å². The minimum atomic E-state index is -0.111. The van der Waals surface area contributed by atoms with Gasteiger partial charge in [0.1, 0.15) is 6.10 Å². The highest BCUT2D eigenvalue weighted by Gasteiger charge is 2.60. The van der Waals surface area contributed by atoms with E-state index in [0.717, 1.165) is 85.4 Å². The highest BCUT2D eigenvalue weighted by Crippen LogP contribution is 2.68. The smallest absolute Gasteiger partial charge is 0.312 e. The van der Waals surface area contributed by atoms with E-state index in [9.17, 15) is 4.79 Å². The van der Waals surface area contributed by atoms with Crippen LogP contribution >= 0.6 is 0 Å². The summed E-state index contributed by atoms with van der Waals surface area (Å²) in [6.07, 6.45) is 25.1. The fourth-order valence-corrected chi connectivity index (χ4v) is 13.4. The number of hydrogen-bond acceptors (Lipinski definition) is 2. The van der Waals surface area contributed by atoms with Crippen molar-refractivity contribution in [1.82, 2.24) is 0 Å². The number of rotatable bonds is 7. The zero-order chi connectivity index (χ0) is 27.9. The molecule has 0 radical (unpaired) electrons. The average Bonchev–Trinajstić information content (AvgIpc) is 3.25. The summed E-state index contributed by atoms with van der Waals surface area (Å²) in [5.74, 6) is 7.94. The molecule has 4 bridgehead atoms. The van der Waals surface area contributed by atoms with E-state index >= 15 is 0 Å². The average molecular weight is 549 g/mol. The maximum Gasteiger partial charge on any atom is 0.312 e. The molecule has 0 aromatic carbocycles. The molecule has 0 unspecified atom stereocenters. The Balaban J connectivity index is 1.01. The Hall–Kier alpha value is -0.790. The first-order valence-corrected chi connectivity index (χ1v) is 18.0. The van der Waals surface area contributed by atoms with E-state index in [4.69, 9.17) is 4.74 Å². The molecule has 2 heteroatoms. The van der Waals surface area contributed by atoms with Gasteiger partial charge in [-0.3, -0.25) is 4.79 Å². The van der Waals surface area contributed by atoms with Crippen molar-refractivity contribution in [2.24, 2.45) is 69.5 Å². The number of esters is 1. The standard InChI is InChI=1S/C38H60O2/c1-24(2)7-6-8-25(3)32-11-12-33-31-10-9-29-20-30(13-15-36(29,4)34(31)14-16-37(32,33)5)40-35(39)38-21-26-17-27(22-38)19-28(18-26)23-38/h9,24-28,30-34H,6-8,10-23H2,1-5H3/t25-,26?,27?,28?,30-,31+,32+,33-,34+,36-,37+,38?/m0/s1. The molecule has 0 saturated heterocycles. The van der Waals surface area contributed by atoms with Crippen LogP contribution in [0.3, 0.4) is 0 Å². The van der Waals surface area contributed by atoms with E-state index in [0.29, 0.717) is 10.8 Å². The summed E-state index contributed by atoms with van der Waals surface area (Å²) < 4.78 is 6.50. The van der Waals surface area contributed by atoms with Crippen LogP contribution in [0.15, 0.2) is 11.6 Å². The van der Waals surface area contributed by atoms with Crippen LogP contribution < -0.4 is 0 Å². The van der Waals surface area contributed by atoms with Gasteiger partial charge < -0.3 is 4.74 Å². The number of carbonyl (C=O) groups is 1. The van der Waals surface area contributed by atoms with Gasteiger partial charge in [0.15, 0.2) is 0 Å². The Morgan fingerprint density at radius 1 is 0.900 bits per heavy atom. The molecule has 0 aliphatic heterocycles. The summed E-state index contributed by atoms with van der Waals surface area (Å²) in [7, 11) is 0. The lowest BCUT2D eigenvalue weighted by Gasteiger charge is -2.58. The van der Waals surface area contributed by atoms with Gasteiger partial charge in [-0.15, -0.1) is 0 Å². The number of fused-ring (bicyclic) bond motifs is 5. The third kappa shape index (κ3) is 4.49. The molecule has 8 aliphatic rings. The molecule has 0 amide bonds. The molecule has 0 N–H and O–H groups in total. The van der Waals surface area contributed by atoms with Gasteiger partial charge in [0, 0.05) is 6.42 Å². The van der Waals surface area contributed by atoms with Crippen LogP contribution in [0, 0.1) is 69.5 Å². The van der Waals surface area contributed by atoms with E-state index in [1.807, 2.05) is 0 Å².